The van der Waals surface area contributed by atoms with Crippen molar-refractivity contribution in [3.63, 3.8) is 0 Å². The van der Waals surface area contributed by atoms with Gasteiger partial charge in [-0.25, -0.2) is 13.6 Å². The average molecular weight is 278 g/mol. The van der Waals surface area contributed by atoms with E-state index in [2.05, 4.69) is 5.32 Å². The summed E-state index contributed by atoms with van der Waals surface area (Å²) in [7, 11) is 0. The van der Waals surface area contributed by atoms with E-state index in [-0.39, 0.29) is 18.9 Å². The summed E-state index contributed by atoms with van der Waals surface area (Å²) >= 11 is 0. The quantitative estimate of drug-likeness (QED) is 0.840. The molecule has 2 amide bonds. The number of carbonyl (C=O) groups excluding carboxylic acids is 1. The standard InChI is InChI=1S/C13H24F2N2O2/c1-3-5-13(14,15)10-11(2)16-12(18)17-6-4-8-19-9-7-17/h11H,3-10H2,1-2H3,(H,16,18)/t11-/m0/s1. The molecule has 6 heteroatoms. The summed E-state index contributed by atoms with van der Waals surface area (Å²) in [5.41, 5.74) is 0. The lowest BCUT2D eigenvalue weighted by molar-refractivity contribution is -0.0234. The van der Waals surface area contributed by atoms with Gasteiger partial charge in [0, 0.05) is 38.6 Å². The Balaban J connectivity index is 2.38. The third kappa shape index (κ3) is 6.18. The number of urea groups is 1. The largest absolute Gasteiger partial charge is 0.380 e. The van der Waals surface area contributed by atoms with E-state index < -0.39 is 12.0 Å². The molecule has 0 saturated carbocycles. The number of nitrogens with zero attached hydrogens (tertiary/aromatic N) is 1. The third-order valence-corrected chi connectivity index (χ3v) is 3.10. The Labute approximate surface area is 113 Å². The molecule has 0 radical (unpaired) electrons. The highest BCUT2D eigenvalue weighted by atomic mass is 19.3. The summed E-state index contributed by atoms with van der Waals surface area (Å²) in [5, 5.41) is 2.64. The molecule has 19 heavy (non-hydrogen) atoms. The Morgan fingerprint density at radius 2 is 2.16 bits per heavy atom. The zero-order valence-corrected chi connectivity index (χ0v) is 11.8. The molecule has 0 unspecified atom stereocenters. The van der Waals surface area contributed by atoms with E-state index in [0.717, 1.165) is 6.42 Å². The predicted octanol–water partition coefficient (Wildman–Crippen LogP) is 2.63. The highest BCUT2D eigenvalue weighted by Gasteiger charge is 2.31. The number of hydrogen-bond donors (Lipinski definition) is 1. The lowest BCUT2D eigenvalue weighted by Gasteiger charge is -2.25. The molecule has 0 aromatic carbocycles. The first-order chi connectivity index (χ1) is 8.94. The van der Waals surface area contributed by atoms with Crippen molar-refractivity contribution in [2.75, 3.05) is 26.3 Å². The summed E-state index contributed by atoms with van der Waals surface area (Å²) < 4.78 is 32.1. The highest BCUT2D eigenvalue weighted by molar-refractivity contribution is 5.74. The van der Waals surface area contributed by atoms with Crippen molar-refractivity contribution in [3.8, 4) is 0 Å². The highest BCUT2D eigenvalue weighted by Crippen LogP contribution is 2.25. The van der Waals surface area contributed by atoms with Crippen molar-refractivity contribution in [2.24, 2.45) is 0 Å². The monoisotopic (exact) mass is 278 g/mol. The Morgan fingerprint density at radius 1 is 1.42 bits per heavy atom. The van der Waals surface area contributed by atoms with Crippen molar-refractivity contribution in [1.82, 2.24) is 10.2 Å². The number of rotatable bonds is 5. The molecule has 0 spiro atoms. The van der Waals surface area contributed by atoms with Gasteiger partial charge in [-0.15, -0.1) is 0 Å². The summed E-state index contributed by atoms with van der Waals surface area (Å²) in [6.45, 7) is 5.64. The van der Waals surface area contributed by atoms with Gasteiger partial charge >= 0.3 is 6.03 Å². The zero-order valence-electron chi connectivity index (χ0n) is 11.8. The lowest BCUT2D eigenvalue weighted by Crippen LogP contribution is -2.46. The van der Waals surface area contributed by atoms with Crippen molar-refractivity contribution >= 4 is 6.03 Å². The van der Waals surface area contributed by atoms with Crippen LogP contribution in [0.3, 0.4) is 0 Å². The minimum Gasteiger partial charge on any atom is -0.380 e. The number of amides is 2. The molecule has 1 saturated heterocycles. The normalized spacial score (nSPS) is 18.8. The molecule has 1 N–H and O–H groups in total. The summed E-state index contributed by atoms with van der Waals surface area (Å²) in [4.78, 5) is 13.5. The molecular formula is C13H24F2N2O2. The van der Waals surface area contributed by atoms with Gasteiger partial charge in [0.05, 0.1) is 6.61 Å². The van der Waals surface area contributed by atoms with Gasteiger partial charge in [-0.2, -0.15) is 0 Å². The maximum atomic E-state index is 13.4. The number of hydrogen-bond acceptors (Lipinski definition) is 2. The second kappa shape index (κ2) is 7.62. The van der Waals surface area contributed by atoms with E-state index in [9.17, 15) is 13.6 Å². The van der Waals surface area contributed by atoms with E-state index in [1.54, 1.807) is 18.7 Å². The summed E-state index contributed by atoms with van der Waals surface area (Å²) in [6.07, 6.45) is 0.784. The minimum absolute atomic E-state index is 0.134. The molecule has 0 aromatic heterocycles. The Morgan fingerprint density at radius 3 is 2.84 bits per heavy atom. The fraction of sp³-hybridized carbons (Fsp3) is 0.923. The van der Waals surface area contributed by atoms with Crippen LogP contribution in [0.4, 0.5) is 13.6 Å². The van der Waals surface area contributed by atoms with Crippen molar-refractivity contribution < 1.29 is 18.3 Å². The molecule has 0 aliphatic carbocycles. The van der Waals surface area contributed by atoms with Gasteiger partial charge in [-0.05, 0) is 13.3 Å². The Kier molecular flexibility index (Phi) is 6.48. The van der Waals surface area contributed by atoms with E-state index in [4.69, 9.17) is 4.74 Å². The maximum absolute atomic E-state index is 13.4. The molecule has 1 fully saturated rings. The van der Waals surface area contributed by atoms with Crippen LogP contribution >= 0.6 is 0 Å². The van der Waals surface area contributed by atoms with E-state index in [0.29, 0.717) is 32.7 Å². The van der Waals surface area contributed by atoms with Crippen LogP contribution in [0.15, 0.2) is 0 Å². The van der Waals surface area contributed by atoms with Gasteiger partial charge in [0.2, 0.25) is 5.92 Å². The van der Waals surface area contributed by atoms with Crippen LogP contribution in [0.2, 0.25) is 0 Å². The average Bonchev–Trinajstić information content (AvgIpc) is 2.55. The molecule has 1 aliphatic rings. The molecule has 1 atom stereocenters. The van der Waals surface area contributed by atoms with Crippen LogP contribution in [0, 0.1) is 0 Å². The van der Waals surface area contributed by atoms with Gasteiger partial charge in [0.15, 0.2) is 0 Å². The minimum atomic E-state index is -2.71. The molecule has 1 aliphatic heterocycles. The number of nitrogens with one attached hydrogen (secondary N) is 1. The first-order valence-electron chi connectivity index (χ1n) is 6.95. The van der Waals surface area contributed by atoms with E-state index in [1.807, 2.05) is 0 Å². The molecular weight excluding hydrogens is 254 g/mol. The fourth-order valence-electron chi connectivity index (χ4n) is 2.22. The molecule has 1 rings (SSSR count). The Bertz CT molecular complexity index is 280. The van der Waals surface area contributed by atoms with Crippen LogP contribution in [-0.4, -0.2) is 49.2 Å². The van der Waals surface area contributed by atoms with Gasteiger partial charge in [-0.3, -0.25) is 0 Å². The SMILES string of the molecule is CCCC(F)(F)C[C@H](C)NC(=O)N1CCCOCC1. The maximum Gasteiger partial charge on any atom is 0.317 e. The van der Waals surface area contributed by atoms with Crippen molar-refractivity contribution in [1.29, 1.82) is 0 Å². The summed E-state index contributed by atoms with van der Waals surface area (Å²) in [6, 6.07) is -0.802. The van der Waals surface area contributed by atoms with Crippen LogP contribution in [-0.2, 0) is 4.74 Å². The van der Waals surface area contributed by atoms with Crippen molar-refractivity contribution in [3.05, 3.63) is 0 Å². The molecule has 1 heterocycles. The molecule has 4 nitrogen and oxygen atoms in total. The number of ether oxygens (including phenoxy) is 1. The second-order valence-electron chi connectivity index (χ2n) is 5.11. The second-order valence-corrected chi connectivity index (χ2v) is 5.11. The first-order valence-corrected chi connectivity index (χ1v) is 6.95. The zero-order chi connectivity index (χ0) is 14.3. The predicted molar refractivity (Wildman–Crippen MR) is 69.5 cm³/mol. The van der Waals surface area contributed by atoms with Crippen LogP contribution in [0.1, 0.15) is 39.5 Å². The van der Waals surface area contributed by atoms with Crippen molar-refractivity contribution in [2.45, 2.75) is 51.5 Å². The fourth-order valence-corrected chi connectivity index (χ4v) is 2.22. The van der Waals surface area contributed by atoms with Gasteiger partial charge < -0.3 is 15.0 Å². The van der Waals surface area contributed by atoms with Crippen LogP contribution in [0.25, 0.3) is 0 Å². The van der Waals surface area contributed by atoms with E-state index in [1.165, 1.54) is 0 Å². The number of halogens is 2. The Hall–Kier alpha value is -0.910. The smallest absolute Gasteiger partial charge is 0.317 e. The molecule has 0 bridgehead atoms. The first kappa shape index (κ1) is 16.1. The van der Waals surface area contributed by atoms with E-state index >= 15 is 0 Å². The third-order valence-electron chi connectivity index (χ3n) is 3.10. The van der Waals surface area contributed by atoms with Gasteiger partial charge in [-0.1, -0.05) is 13.3 Å². The number of carbonyl (C=O) groups is 1. The van der Waals surface area contributed by atoms with Crippen LogP contribution < -0.4 is 5.32 Å². The lowest BCUT2D eigenvalue weighted by atomic mass is 10.1. The van der Waals surface area contributed by atoms with Crippen LogP contribution in [0.5, 0.6) is 0 Å². The van der Waals surface area contributed by atoms with Gasteiger partial charge in [0.1, 0.15) is 0 Å². The summed E-state index contributed by atoms with van der Waals surface area (Å²) in [5.74, 6) is -2.71. The topological polar surface area (TPSA) is 41.6 Å². The molecule has 0 aromatic rings. The number of alkyl halides is 2. The molecule has 112 valence electrons. The van der Waals surface area contributed by atoms with Gasteiger partial charge in [0.25, 0.3) is 0 Å².